The number of hydrogen-bond acceptors (Lipinski definition) is 4. The van der Waals surface area contributed by atoms with E-state index in [-0.39, 0.29) is 11.3 Å². The van der Waals surface area contributed by atoms with Crippen molar-refractivity contribution >= 4 is 28.5 Å². The Bertz CT molecular complexity index is 1410. The van der Waals surface area contributed by atoms with Crippen LogP contribution in [-0.4, -0.2) is 33.2 Å². The summed E-state index contributed by atoms with van der Waals surface area (Å²) in [5.74, 6) is -1.18. The molecule has 34 heavy (non-hydrogen) atoms. The second kappa shape index (κ2) is 9.42. The number of carbonyl (C=O) groups excluding carboxylic acids is 1. The van der Waals surface area contributed by atoms with Crippen molar-refractivity contribution in [3.63, 3.8) is 0 Å². The number of rotatable bonds is 9. The zero-order valence-electron chi connectivity index (χ0n) is 17.9. The number of nitrogens with zero attached hydrogens (tertiary/aromatic N) is 3. The lowest BCUT2D eigenvalue weighted by molar-refractivity contribution is -0.0543. The van der Waals surface area contributed by atoms with Gasteiger partial charge in [-0.05, 0) is 43.3 Å². The highest BCUT2D eigenvalue weighted by molar-refractivity contribution is 6.12. The minimum Gasteiger partial charge on any atom is -0.435 e. The smallest absolute Gasteiger partial charge is 0.387 e. The minimum atomic E-state index is -3.20. The summed E-state index contributed by atoms with van der Waals surface area (Å²) < 4.78 is 62.9. The molecule has 10 heteroatoms. The molecule has 4 rings (SSSR count). The average Bonchev–Trinajstić information content (AvgIpc) is 3.26. The first-order chi connectivity index (χ1) is 16.3. The van der Waals surface area contributed by atoms with Gasteiger partial charge in [0, 0.05) is 18.2 Å². The molecule has 0 saturated carbocycles. The van der Waals surface area contributed by atoms with E-state index < -0.39 is 24.8 Å². The molecule has 0 spiro atoms. The van der Waals surface area contributed by atoms with Crippen molar-refractivity contribution in [3.05, 3.63) is 78.0 Å². The lowest BCUT2D eigenvalue weighted by Gasteiger charge is -2.11. The van der Waals surface area contributed by atoms with Gasteiger partial charge in [0.05, 0.1) is 22.3 Å². The van der Waals surface area contributed by atoms with Crippen LogP contribution in [0, 0.1) is 6.92 Å². The lowest BCUT2D eigenvalue weighted by Crippen LogP contribution is -2.06. The fourth-order valence-electron chi connectivity index (χ4n) is 3.80. The third-order valence-electron chi connectivity index (χ3n) is 5.09. The highest BCUT2D eigenvalue weighted by atomic mass is 19.3. The summed E-state index contributed by atoms with van der Waals surface area (Å²) in [6.45, 7) is -0.410. The average molecular weight is 473 g/mol. The Balaban J connectivity index is 1.76. The summed E-state index contributed by atoms with van der Waals surface area (Å²) >= 11 is 0. The van der Waals surface area contributed by atoms with Crippen LogP contribution >= 0.6 is 0 Å². The Morgan fingerprint density at radius 1 is 1.09 bits per heavy atom. The maximum atomic E-state index is 13.2. The van der Waals surface area contributed by atoms with E-state index in [0.29, 0.717) is 23.4 Å². The molecule has 0 N–H and O–H groups in total. The SMILES string of the molecule is C=CCn1c2ccccc2n2nc(C)c(C(=O)C=Cc3ccc(OC(F)F)cc3OC(F)F)c12. The number of hydrogen-bond donors (Lipinski definition) is 0. The van der Waals surface area contributed by atoms with Gasteiger partial charge in [0.2, 0.25) is 0 Å². The van der Waals surface area contributed by atoms with Crippen LogP contribution in [-0.2, 0) is 6.54 Å². The second-order valence-electron chi connectivity index (χ2n) is 7.24. The molecule has 0 bridgehead atoms. The molecule has 0 aliphatic heterocycles. The first-order valence-corrected chi connectivity index (χ1v) is 10.1. The second-order valence-corrected chi connectivity index (χ2v) is 7.24. The van der Waals surface area contributed by atoms with Crippen molar-refractivity contribution < 1.29 is 31.8 Å². The van der Waals surface area contributed by atoms with Crippen LogP contribution in [0.1, 0.15) is 21.6 Å². The highest BCUT2D eigenvalue weighted by Gasteiger charge is 2.22. The maximum absolute atomic E-state index is 13.2. The van der Waals surface area contributed by atoms with Crippen LogP contribution in [0.15, 0.2) is 61.2 Å². The topological polar surface area (TPSA) is 57.8 Å². The number of benzene rings is 2. The van der Waals surface area contributed by atoms with E-state index in [4.69, 9.17) is 0 Å². The number of imidazole rings is 1. The number of para-hydroxylation sites is 2. The van der Waals surface area contributed by atoms with Gasteiger partial charge >= 0.3 is 13.2 Å². The lowest BCUT2D eigenvalue weighted by atomic mass is 10.1. The van der Waals surface area contributed by atoms with E-state index in [0.717, 1.165) is 17.1 Å². The van der Waals surface area contributed by atoms with E-state index in [1.165, 1.54) is 24.3 Å². The van der Waals surface area contributed by atoms with Gasteiger partial charge in [-0.1, -0.05) is 18.2 Å². The van der Waals surface area contributed by atoms with Gasteiger partial charge in [-0.15, -0.1) is 6.58 Å². The van der Waals surface area contributed by atoms with Crippen molar-refractivity contribution in [2.75, 3.05) is 0 Å². The largest absolute Gasteiger partial charge is 0.435 e. The summed E-state index contributed by atoms with van der Waals surface area (Å²) in [7, 11) is 0. The van der Waals surface area contributed by atoms with Gasteiger partial charge in [-0.25, -0.2) is 4.52 Å². The van der Waals surface area contributed by atoms with Crippen LogP contribution in [0.25, 0.3) is 22.8 Å². The molecule has 0 saturated heterocycles. The number of aryl methyl sites for hydroxylation is 1. The number of ether oxygens (including phenoxy) is 2. The molecule has 0 fully saturated rings. The van der Waals surface area contributed by atoms with Crippen LogP contribution < -0.4 is 9.47 Å². The van der Waals surface area contributed by atoms with Gasteiger partial charge in [-0.2, -0.15) is 22.7 Å². The Labute approximate surface area is 191 Å². The number of alkyl halides is 4. The highest BCUT2D eigenvalue weighted by Crippen LogP contribution is 2.30. The molecule has 0 atom stereocenters. The zero-order chi connectivity index (χ0) is 24.4. The molecule has 0 aliphatic carbocycles. The summed E-state index contributed by atoms with van der Waals surface area (Å²) in [6.07, 6.45) is 4.17. The van der Waals surface area contributed by atoms with Crippen molar-refractivity contribution in [2.24, 2.45) is 0 Å². The zero-order valence-corrected chi connectivity index (χ0v) is 17.9. The van der Waals surface area contributed by atoms with Gasteiger partial charge in [0.25, 0.3) is 0 Å². The van der Waals surface area contributed by atoms with Crippen LogP contribution in [0.2, 0.25) is 0 Å². The molecule has 176 valence electrons. The predicted octanol–water partition coefficient (Wildman–Crippen LogP) is 5.88. The molecule has 2 heterocycles. The summed E-state index contributed by atoms with van der Waals surface area (Å²) in [5.41, 5.74) is 3.15. The summed E-state index contributed by atoms with van der Waals surface area (Å²) in [5, 5.41) is 4.51. The van der Waals surface area contributed by atoms with Gasteiger partial charge in [0.1, 0.15) is 17.1 Å². The monoisotopic (exact) mass is 473 g/mol. The van der Waals surface area contributed by atoms with Crippen molar-refractivity contribution in [3.8, 4) is 11.5 Å². The Morgan fingerprint density at radius 2 is 1.79 bits per heavy atom. The molecule has 0 unspecified atom stereocenters. The van der Waals surface area contributed by atoms with E-state index in [1.807, 2.05) is 28.8 Å². The first-order valence-electron chi connectivity index (χ1n) is 10.1. The number of fused-ring (bicyclic) bond motifs is 3. The minimum absolute atomic E-state index is 0.0861. The summed E-state index contributed by atoms with van der Waals surface area (Å²) in [4.78, 5) is 13.2. The van der Waals surface area contributed by atoms with E-state index in [1.54, 1.807) is 17.5 Å². The number of carbonyl (C=O) groups is 1. The van der Waals surface area contributed by atoms with Crippen molar-refractivity contribution in [2.45, 2.75) is 26.7 Å². The molecule has 4 aromatic rings. The molecule has 2 aromatic carbocycles. The molecule has 0 aliphatic rings. The van der Waals surface area contributed by atoms with E-state index in [2.05, 4.69) is 21.2 Å². The fourth-order valence-corrected chi connectivity index (χ4v) is 3.80. The Hall–Kier alpha value is -4.08. The Morgan fingerprint density at radius 3 is 2.47 bits per heavy atom. The molecular formula is C24H19F4N3O3. The standard InChI is InChI=1S/C24H19F4N3O3/c1-3-12-30-17-6-4-5-7-18(17)31-22(30)21(14(2)29-31)19(32)11-9-15-8-10-16(33-23(25)26)13-20(15)34-24(27)28/h3-11,13,23-24H,1,12H2,2H3. The molecule has 0 amide bonds. The van der Waals surface area contributed by atoms with Crippen LogP contribution in [0.4, 0.5) is 17.6 Å². The first kappa shape index (κ1) is 23.1. The number of aromatic nitrogens is 3. The third-order valence-corrected chi connectivity index (χ3v) is 5.09. The number of halogens is 4. The van der Waals surface area contributed by atoms with E-state index in [9.17, 15) is 22.4 Å². The fraction of sp³-hybridized carbons (Fsp3) is 0.167. The third kappa shape index (κ3) is 4.39. The van der Waals surface area contributed by atoms with Gasteiger partial charge < -0.3 is 14.0 Å². The van der Waals surface area contributed by atoms with E-state index >= 15 is 0 Å². The molecule has 6 nitrogen and oxygen atoms in total. The Kier molecular flexibility index (Phi) is 6.40. The molecule has 0 radical (unpaired) electrons. The normalized spacial score (nSPS) is 11.9. The quantitative estimate of drug-likeness (QED) is 0.132. The van der Waals surface area contributed by atoms with Crippen molar-refractivity contribution in [1.29, 1.82) is 0 Å². The number of allylic oxidation sites excluding steroid dienone is 2. The summed E-state index contributed by atoms with van der Waals surface area (Å²) in [6, 6.07) is 10.9. The molecular weight excluding hydrogens is 454 g/mol. The van der Waals surface area contributed by atoms with Crippen LogP contribution in [0.5, 0.6) is 11.5 Å². The number of ketones is 1. The van der Waals surface area contributed by atoms with Gasteiger partial charge in [0.15, 0.2) is 5.78 Å². The molecule has 2 aromatic heterocycles. The maximum Gasteiger partial charge on any atom is 0.387 e. The van der Waals surface area contributed by atoms with Gasteiger partial charge in [-0.3, -0.25) is 4.79 Å². The van der Waals surface area contributed by atoms with Crippen LogP contribution in [0.3, 0.4) is 0 Å². The predicted molar refractivity (Wildman–Crippen MR) is 119 cm³/mol. The van der Waals surface area contributed by atoms with Crippen molar-refractivity contribution in [1.82, 2.24) is 14.2 Å².